The van der Waals surface area contributed by atoms with Gasteiger partial charge in [0, 0.05) is 15.7 Å². The quantitative estimate of drug-likeness (QED) is 0.843. The van der Waals surface area contributed by atoms with E-state index in [1.807, 2.05) is 0 Å². The molecule has 0 saturated heterocycles. The number of anilines is 1. The smallest absolute Gasteiger partial charge is 0.412 e. The van der Waals surface area contributed by atoms with Crippen molar-refractivity contribution in [2.75, 3.05) is 5.32 Å². The number of halogens is 2. The molecule has 0 aliphatic rings. The number of ether oxygens (including phenoxy) is 1. The van der Waals surface area contributed by atoms with Crippen LogP contribution in [0, 0.1) is 0 Å². The molecule has 19 heavy (non-hydrogen) atoms. The monoisotopic (exact) mass is 325 g/mol. The number of carbonyl (C=O) groups is 1. The zero-order valence-corrected chi connectivity index (χ0v) is 12.9. The number of nitrogens with one attached hydrogen (secondary N) is 1. The molecule has 0 atom stereocenters. The molecule has 1 rings (SSSR count). The summed E-state index contributed by atoms with van der Waals surface area (Å²) in [5, 5.41) is 2.56. The third-order valence-corrected chi connectivity index (χ3v) is 3.46. The average molecular weight is 326 g/mol. The summed E-state index contributed by atoms with van der Waals surface area (Å²) in [6, 6.07) is 3.84. The Bertz CT molecular complexity index is 593. The molecule has 0 heterocycles. The molecule has 1 aromatic rings. The van der Waals surface area contributed by atoms with Crippen molar-refractivity contribution >= 4 is 43.1 Å². The number of hydrogen-bond acceptors (Lipinski definition) is 4. The van der Waals surface area contributed by atoms with E-state index in [9.17, 15) is 13.2 Å². The first-order chi connectivity index (χ1) is 8.49. The number of benzene rings is 1. The van der Waals surface area contributed by atoms with Gasteiger partial charge in [-0.15, -0.1) is 0 Å². The summed E-state index contributed by atoms with van der Waals surface area (Å²) >= 11 is 5.75. The maximum atomic E-state index is 11.6. The molecule has 0 unspecified atom stereocenters. The molecule has 1 N–H and O–H groups in total. The van der Waals surface area contributed by atoms with Crippen LogP contribution in [0.2, 0.25) is 5.02 Å². The number of rotatable bonds is 2. The first kappa shape index (κ1) is 16.1. The predicted molar refractivity (Wildman–Crippen MR) is 74.3 cm³/mol. The van der Waals surface area contributed by atoms with E-state index in [0.29, 0.717) is 0 Å². The average Bonchev–Trinajstić information content (AvgIpc) is 2.11. The summed E-state index contributed by atoms with van der Waals surface area (Å²) in [5.74, 6) is 0. The van der Waals surface area contributed by atoms with Crippen LogP contribution < -0.4 is 5.32 Å². The van der Waals surface area contributed by atoms with Gasteiger partial charge in [-0.1, -0.05) is 11.6 Å². The third kappa shape index (κ3) is 5.26. The van der Waals surface area contributed by atoms with Crippen LogP contribution >= 0.6 is 22.3 Å². The highest BCUT2D eigenvalue weighted by molar-refractivity contribution is 8.13. The largest absolute Gasteiger partial charge is 0.444 e. The Balaban J connectivity index is 3.07. The minimum Gasteiger partial charge on any atom is -0.444 e. The lowest BCUT2D eigenvalue weighted by Gasteiger charge is -2.20. The Hall–Kier alpha value is -0.980. The van der Waals surface area contributed by atoms with Crippen molar-refractivity contribution in [3.63, 3.8) is 0 Å². The van der Waals surface area contributed by atoms with Gasteiger partial charge < -0.3 is 4.74 Å². The third-order valence-electron chi connectivity index (χ3n) is 1.84. The van der Waals surface area contributed by atoms with Crippen LogP contribution in [0.25, 0.3) is 0 Å². The summed E-state index contributed by atoms with van der Waals surface area (Å²) in [5.41, 5.74) is -0.736. The number of hydrogen-bond donors (Lipinski definition) is 1. The van der Waals surface area contributed by atoms with Crippen LogP contribution in [-0.4, -0.2) is 20.1 Å². The zero-order valence-electron chi connectivity index (χ0n) is 10.5. The number of carbonyl (C=O) groups excluding carboxylic acids is 1. The maximum absolute atomic E-state index is 11.6. The number of amides is 1. The van der Waals surface area contributed by atoms with E-state index in [1.54, 1.807) is 20.8 Å². The fourth-order valence-electron chi connectivity index (χ4n) is 1.23. The van der Waals surface area contributed by atoms with Gasteiger partial charge in [0.15, 0.2) is 0 Å². The van der Waals surface area contributed by atoms with Crippen LogP contribution in [0.4, 0.5) is 10.5 Å². The van der Waals surface area contributed by atoms with Crippen LogP contribution in [0.1, 0.15) is 20.8 Å². The molecule has 0 radical (unpaired) electrons. The predicted octanol–water partition coefficient (Wildman–Crippen LogP) is 3.61. The second-order valence-electron chi connectivity index (χ2n) is 4.71. The van der Waals surface area contributed by atoms with E-state index in [0.717, 1.165) is 0 Å². The molecule has 0 bridgehead atoms. The van der Waals surface area contributed by atoms with Crippen molar-refractivity contribution in [3.05, 3.63) is 23.2 Å². The van der Waals surface area contributed by atoms with E-state index in [-0.39, 0.29) is 15.6 Å². The molecule has 1 amide bonds. The van der Waals surface area contributed by atoms with Gasteiger partial charge in [0.05, 0.1) is 5.69 Å². The molecule has 1 aromatic carbocycles. The van der Waals surface area contributed by atoms with E-state index in [4.69, 9.17) is 27.0 Å². The molecular formula is C11H13Cl2NO4S. The highest BCUT2D eigenvalue weighted by Crippen LogP contribution is 2.28. The van der Waals surface area contributed by atoms with Gasteiger partial charge in [-0.3, -0.25) is 5.32 Å². The first-order valence-electron chi connectivity index (χ1n) is 5.23. The molecule has 8 heteroatoms. The maximum Gasteiger partial charge on any atom is 0.412 e. The van der Waals surface area contributed by atoms with Gasteiger partial charge >= 0.3 is 6.09 Å². The summed E-state index contributed by atoms with van der Waals surface area (Å²) < 4.78 is 27.7. The van der Waals surface area contributed by atoms with Gasteiger partial charge in [0.25, 0.3) is 9.05 Å². The Morgan fingerprint density at radius 3 is 2.37 bits per heavy atom. The fraction of sp³-hybridized carbons (Fsp3) is 0.364. The molecule has 5 nitrogen and oxygen atoms in total. The Morgan fingerprint density at radius 2 is 1.89 bits per heavy atom. The topological polar surface area (TPSA) is 72.5 Å². The standard InChI is InChI=1S/C11H13Cl2NO4S/c1-11(2,3)18-10(15)14-8-6-7(12)4-5-9(8)19(13,16)17/h4-6H,1-3H3,(H,14,15). The van der Waals surface area contributed by atoms with Crippen molar-refractivity contribution in [2.45, 2.75) is 31.3 Å². The Morgan fingerprint density at radius 1 is 1.32 bits per heavy atom. The van der Waals surface area contributed by atoms with Crippen molar-refractivity contribution in [1.29, 1.82) is 0 Å². The van der Waals surface area contributed by atoms with Crippen LogP contribution in [0.3, 0.4) is 0 Å². The van der Waals surface area contributed by atoms with Crippen LogP contribution in [-0.2, 0) is 13.8 Å². The van der Waals surface area contributed by atoms with Gasteiger partial charge in [0.2, 0.25) is 0 Å². The van der Waals surface area contributed by atoms with E-state index in [1.165, 1.54) is 18.2 Å². The second kappa shape index (κ2) is 5.56. The van der Waals surface area contributed by atoms with Gasteiger partial charge in [-0.25, -0.2) is 13.2 Å². The fourth-order valence-corrected chi connectivity index (χ4v) is 2.41. The highest BCUT2D eigenvalue weighted by Gasteiger charge is 2.21. The van der Waals surface area contributed by atoms with Gasteiger partial charge in [-0.05, 0) is 39.0 Å². The molecule has 0 aliphatic carbocycles. The first-order valence-corrected chi connectivity index (χ1v) is 7.92. The van der Waals surface area contributed by atoms with Crippen molar-refractivity contribution < 1.29 is 17.9 Å². The molecule has 0 aromatic heterocycles. The lowest BCUT2D eigenvalue weighted by Crippen LogP contribution is -2.27. The van der Waals surface area contributed by atoms with E-state index >= 15 is 0 Å². The second-order valence-corrected chi connectivity index (χ2v) is 7.68. The molecular weight excluding hydrogens is 313 g/mol. The van der Waals surface area contributed by atoms with Gasteiger partial charge in [0.1, 0.15) is 10.5 Å². The summed E-state index contributed by atoms with van der Waals surface area (Å²) in [6.07, 6.45) is -0.795. The summed E-state index contributed by atoms with van der Waals surface area (Å²) in [7, 11) is 1.27. The van der Waals surface area contributed by atoms with Crippen molar-refractivity contribution in [2.24, 2.45) is 0 Å². The van der Waals surface area contributed by atoms with Crippen LogP contribution in [0.15, 0.2) is 23.1 Å². The molecule has 106 valence electrons. The van der Waals surface area contributed by atoms with Crippen molar-refractivity contribution in [1.82, 2.24) is 0 Å². The van der Waals surface area contributed by atoms with E-state index < -0.39 is 20.7 Å². The molecule has 0 saturated carbocycles. The van der Waals surface area contributed by atoms with E-state index in [2.05, 4.69) is 5.32 Å². The minimum absolute atomic E-state index is 0.0308. The summed E-state index contributed by atoms with van der Waals surface area (Å²) in [4.78, 5) is 11.4. The lowest BCUT2D eigenvalue weighted by atomic mass is 10.2. The SMILES string of the molecule is CC(C)(C)OC(=O)Nc1cc(Cl)ccc1S(=O)(=O)Cl. The van der Waals surface area contributed by atoms with Crippen molar-refractivity contribution in [3.8, 4) is 0 Å². The van der Waals surface area contributed by atoms with Crippen LogP contribution in [0.5, 0.6) is 0 Å². The molecule has 0 spiro atoms. The highest BCUT2D eigenvalue weighted by atomic mass is 35.7. The zero-order chi connectivity index (χ0) is 14.8. The lowest BCUT2D eigenvalue weighted by molar-refractivity contribution is 0.0635. The van der Waals surface area contributed by atoms with Gasteiger partial charge in [-0.2, -0.15) is 0 Å². The summed E-state index contributed by atoms with van der Waals surface area (Å²) in [6.45, 7) is 5.05. The molecule has 0 fully saturated rings. The normalized spacial score (nSPS) is 12.1. The Kier molecular flexibility index (Phi) is 4.71. The Labute approximate surface area is 121 Å². The minimum atomic E-state index is -4.00. The molecule has 0 aliphatic heterocycles.